The van der Waals surface area contributed by atoms with Gasteiger partial charge in [0, 0.05) is 19.6 Å². The Morgan fingerprint density at radius 2 is 0.885 bits per heavy atom. The Labute approximate surface area is 334 Å². The predicted molar refractivity (Wildman–Crippen MR) is 203 cm³/mol. The molecule has 0 unspecified atom stereocenters. The molecule has 3 aromatic carbocycles. The second-order valence-electron chi connectivity index (χ2n) is 12.0. The van der Waals surface area contributed by atoms with E-state index < -0.39 is 23.5 Å². The van der Waals surface area contributed by atoms with Crippen LogP contribution in [0.5, 0.6) is 0 Å². The summed E-state index contributed by atoms with van der Waals surface area (Å²) < 4.78 is 87.0. The highest BCUT2D eigenvalue weighted by Gasteiger charge is 2.31. The molecule has 0 aliphatic rings. The van der Waals surface area contributed by atoms with Gasteiger partial charge in [0.25, 0.3) is 0 Å². The predicted octanol–water partition coefficient (Wildman–Crippen LogP) is 7.97. The molecular formula is C33H27F6I3N10. The van der Waals surface area contributed by atoms with Gasteiger partial charge in [0.15, 0.2) is 0 Å². The molecular weight excluding hydrogens is 1030 g/mol. The fourth-order valence-corrected chi connectivity index (χ4v) is 7.07. The minimum Gasteiger partial charge on any atom is -0.285 e. The summed E-state index contributed by atoms with van der Waals surface area (Å²) in [6.07, 6.45) is -8.94. The van der Waals surface area contributed by atoms with E-state index in [9.17, 15) is 26.3 Å². The molecule has 52 heavy (non-hydrogen) atoms. The van der Waals surface area contributed by atoms with Crippen LogP contribution in [-0.2, 0) is 51.6 Å². The molecule has 3 aromatic heterocycles. The maximum absolute atomic E-state index is 13.3. The van der Waals surface area contributed by atoms with Crippen LogP contribution in [0, 0.1) is 18.0 Å². The highest BCUT2D eigenvalue weighted by molar-refractivity contribution is 14.1. The monoisotopic (exact) mass is 1060 g/mol. The smallest absolute Gasteiger partial charge is 0.285 e. The van der Waals surface area contributed by atoms with Gasteiger partial charge in [-0.15, -0.1) is 15.3 Å². The number of alkyl halides is 6. The average molecular weight is 1060 g/mol. The fourth-order valence-electron chi connectivity index (χ4n) is 5.43. The van der Waals surface area contributed by atoms with Crippen LogP contribution in [0.4, 0.5) is 26.3 Å². The minimum atomic E-state index is -4.47. The lowest BCUT2D eigenvalue weighted by atomic mass is 10.1. The van der Waals surface area contributed by atoms with E-state index in [0.717, 1.165) is 39.1 Å². The van der Waals surface area contributed by atoms with Crippen molar-refractivity contribution in [1.82, 2.24) is 49.9 Å². The van der Waals surface area contributed by atoms with Crippen molar-refractivity contribution in [2.75, 3.05) is 0 Å². The first-order valence-corrected chi connectivity index (χ1v) is 18.7. The quantitative estimate of drug-likeness (QED) is 0.0908. The Hall–Kier alpha value is -3.19. The summed E-state index contributed by atoms with van der Waals surface area (Å²) in [5, 5.41) is 26.1. The van der Waals surface area contributed by atoms with Crippen molar-refractivity contribution >= 4 is 67.8 Å². The molecule has 0 aliphatic heterocycles. The summed E-state index contributed by atoms with van der Waals surface area (Å²) in [6, 6.07) is 18.3. The van der Waals surface area contributed by atoms with E-state index in [1.54, 1.807) is 21.5 Å². The van der Waals surface area contributed by atoms with Gasteiger partial charge in [0.05, 0.1) is 30.8 Å². The largest absolute Gasteiger partial charge is 0.416 e. The van der Waals surface area contributed by atoms with Crippen LogP contribution in [0.2, 0.25) is 0 Å². The van der Waals surface area contributed by atoms with E-state index >= 15 is 0 Å². The first-order chi connectivity index (χ1) is 24.6. The Bertz CT molecular complexity index is 2070. The normalized spacial score (nSPS) is 12.3. The summed E-state index contributed by atoms with van der Waals surface area (Å²) in [5.41, 5.74) is 3.43. The first-order valence-electron chi connectivity index (χ1n) is 15.5. The van der Waals surface area contributed by atoms with E-state index in [1.807, 2.05) is 34.7 Å². The first kappa shape index (κ1) is 38.5. The van der Waals surface area contributed by atoms with Gasteiger partial charge in [-0.1, -0.05) is 69.7 Å². The third kappa shape index (κ3) is 9.48. The van der Waals surface area contributed by atoms with Gasteiger partial charge in [-0.3, -0.25) is 4.90 Å². The number of rotatable bonds is 12. The second kappa shape index (κ2) is 16.0. The minimum absolute atomic E-state index is 0.0855. The number of hydrogen-bond acceptors (Lipinski definition) is 7. The lowest BCUT2D eigenvalue weighted by Crippen LogP contribution is -2.25. The van der Waals surface area contributed by atoms with Gasteiger partial charge in [0.2, 0.25) is 0 Å². The Morgan fingerprint density at radius 1 is 0.538 bits per heavy atom. The molecule has 0 N–H and O–H groups in total. The molecule has 0 saturated carbocycles. The molecule has 19 heteroatoms. The number of halogens is 9. The maximum atomic E-state index is 13.3. The molecule has 272 valence electrons. The number of benzene rings is 3. The summed E-state index contributed by atoms with van der Waals surface area (Å²) in [7, 11) is 0. The lowest BCUT2D eigenvalue weighted by Gasteiger charge is -2.19. The topological polar surface area (TPSA) is 95.4 Å². The number of nitrogens with zero attached hydrogens (tertiary/aromatic N) is 10. The van der Waals surface area contributed by atoms with Crippen LogP contribution in [0.1, 0.15) is 50.5 Å². The van der Waals surface area contributed by atoms with Crippen molar-refractivity contribution in [3.05, 3.63) is 134 Å². The summed E-state index contributed by atoms with van der Waals surface area (Å²) in [4.78, 5) is 2.02. The summed E-state index contributed by atoms with van der Waals surface area (Å²) >= 11 is 6.38. The van der Waals surface area contributed by atoms with Gasteiger partial charge >= 0.3 is 12.4 Å². The zero-order valence-corrected chi connectivity index (χ0v) is 33.5. The van der Waals surface area contributed by atoms with Crippen LogP contribution >= 0.6 is 67.8 Å². The van der Waals surface area contributed by atoms with Gasteiger partial charge < -0.3 is 0 Å². The van der Waals surface area contributed by atoms with Crippen LogP contribution in [0.15, 0.2) is 72.8 Å². The molecule has 0 spiro atoms. The molecule has 6 aromatic rings. The van der Waals surface area contributed by atoms with Crippen molar-refractivity contribution in [2.45, 2.75) is 58.5 Å². The molecule has 6 rings (SSSR count). The standard InChI is InChI=1S/C33H27F6I3N10/c1-20-5-2-6-21(11-20)14-50-29(40)26(43-46-50)17-49(18-27-30(41)51(47-44-27)15-22-7-3-9-24(12-22)32(34,35)36)19-28-31(42)52(48-45-28)16-23-8-4-10-25(13-23)33(37,38)39/h2-13H,14-19H2,1H3. The Morgan fingerprint density at radius 3 is 1.23 bits per heavy atom. The average Bonchev–Trinajstić information content (AvgIpc) is 3.73. The lowest BCUT2D eigenvalue weighted by molar-refractivity contribution is -0.138. The van der Waals surface area contributed by atoms with Crippen molar-refractivity contribution in [2.24, 2.45) is 0 Å². The fraction of sp³-hybridized carbons (Fsp3) is 0.273. The molecule has 0 radical (unpaired) electrons. The van der Waals surface area contributed by atoms with E-state index in [4.69, 9.17) is 0 Å². The second-order valence-corrected chi connectivity index (χ2v) is 15.0. The van der Waals surface area contributed by atoms with Gasteiger partial charge in [-0.05, 0) is 116 Å². The highest BCUT2D eigenvalue weighted by Crippen LogP contribution is 2.31. The number of hydrogen-bond donors (Lipinski definition) is 0. The van der Waals surface area contributed by atoms with E-state index in [0.29, 0.717) is 48.7 Å². The molecule has 0 saturated heterocycles. The van der Waals surface area contributed by atoms with Gasteiger partial charge in [-0.2, -0.15) is 26.3 Å². The SMILES string of the molecule is Cc1cccc(Cn2nnc(CN(Cc3nnn(Cc4cccc(C(F)(F)F)c4)c3I)Cc3nnn(Cc4cccc(C(F)(F)F)c4)c3I)c2I)c1. The van der Waals surface area contributed by atoms with Crippen molar-refractivity contribution in [3.8, 4) is 0 Å². The van der Waals surface area contributed by atoms with Crippen molar-refractivity contribution in [3.63, 3.8) is 0 Å². The molecule has 10 nitrogen and oxygen atoms in total. The third-order valence-electron chi connectivity index (χ3n) is 7.92. The third-order valence-corrected chi connectivity index (χ3v) is 11.5. The Kier molecular flexibility index (Phi) is 11.9. The zero-order valence-electron chi connectivity index (χ0n) is 27.0. The number of aromatic nitrogens is 9. The molecule has 0 bridgehead atoms. The molecule has 0 fully saturated rings. The molecule has 0 amide bonds. The number of aryl methyl sites for hydroxylation is 1. The van der Waals surface area contributed by atoms with Crippen molar-refractivity contribution < 1.29 is 26.3 Å². The van der Waals surface area contributed by atoms with Crippen molar-refractivity contribution in [1.29, 1.82) is 0 Å². The zero-order chi connectivity index (χ0) is 37.2. The van der Waals surface area contributed by atoms with Crippen LogP contribution in [0.3, 0.4) is 0 Å². The summed E-state index contributed by atoms with van der Waals surface area (Å²) in [5.74, 6) is 0. The highest BCUT2D eigenvalue weighted by atomic mass is 127. The maximum Gasteiger partial charge on any atom is 0.416 e. The van der Waals surface area contributed by atoms with Crippen LogP contribution in [-0.4, -0.2) is 49.9 Å². The molecule has 3 heterocycles. The Balaban J connectivity index is 1.25. The van der Waals surface area contributed by atoms with Gasteiger partial charge in [-0.25, -0.2) is 14.0 Å². The molecule has 0 aliphatic carbocycles. The van der Waals surface area contributed by atoms with Crippen LogP contribution < -0.4 is 0 Å². The van der Waals surface area contributed by atoms with E-state index in [1.165, 1.54) is 12.1 Å². The van der Waals surface area contributed by atoms with Gasteiger partial charge in [0.1, 0.15) is 28.2 Å². The van der Waals surface area contributed by atoms with E-state index in [2.05, 4.69) is 105 Å². The summed E-state index contributed by atoms with van der Waals surface area (Å²) in [6.45, 7) is 3.56. The van der Waals surface area contributed by atoms with Crippen LogP contribution in [0.25, 0.3) is 0 Å². The van der Waals surface area contributed by atoms with E-state index in [-0.39, 0.29) is 26.2 Å². The molecule has 0 atom stereocenters.